The molecule has 0 fully saturated rings. The van der Waals surface area contributed by atoms with Gasteiger partial charge in [0.15, 0.2) is 0 Å². The number of ether oxygens (including phenoxy) is 1. The van der Waals surface area contributed by atoms with Crippen LogP contribution in [0.4, 0.5) is 5.82 Å². The van der Waals surface area contributed by atoms with Gasteiger partial charge in [0.1, 0.15) is 5.82 Å². The number of rotatable bonds is 1. The predicted octanol–water partition coefficient (Wildman–Crippen LogP) is 0.810. The zero-order valence-corrected chi connectivity index (χ0v) is 7.21. The molecule has 4 heteroatoms. The van der Waals surface area contributed by atoms with Gasteiger partial charge in [-0.1, -0.05) is 0 Å². The number of methoxy groups -OCH3 is 1. The molecule has 1 aliphatic heterocycles. The second-order valence-electron chi connectivity index (χ2n) is 3.04. The van der Waals surface area contributed by atoms with Gasteiger partial charge in [0.25, 0.3) is 6.01 Å². The standard InChI is InChI=1S/C8H13N3O/c1-12-8-10-7(9)6-4-2-3-5-11(6)8/h2-5,9H2,1H3. The molecule has 0 saturated heterocycles. The Morgan fingerprint density at radius 2 is 2.33 bits per heavy atom. The minimum Gasteiger partial charge on any atom is -0.468 e. The molecule has 2 N–H and O–H groups in total. The van der Waals surface area contributed by atoms with E-state index in [1.54, 1.807) is 7.11 Å². The van der Waals surface area contributed by atoms with E-state index in [0.29, 0.717) is 11.8 Å². The van der Waals surface area contributed by atoms with Crippen molar-refractivity contribution in [2.24, 2.45) is 0 Å². The maximum absolute atomic E-state index is 5.73. The summed E-state index contributed by atoms with van der Waals surface area (Å²) in [4.78, 5) is 4.13. The van der Waals surface area contributed by atoms with E-state index in [4.69, 9.17) is 10.5 Å². The first-order valence-electron chi connectivity index (χ1n) is 4.22. The van der Waals surface area contributed by atoms with Crippen molar-refractivity contribution in [3.63, 3.8) is 0 Å². The van der Waals surface area contributed by atoms with Gasteiger partial charge in [0.2, 0.25) is 0 Å². The first kappa shape index (κ1) is 7.46. The highest BCUT2D eigenvalue weighted by molar-refractivity contribution is 5.39. The van der Waals surface area contributed by atoms with Crippen LogP contribution in [0.3, 0.4) is 0 Å². The van der Waals surface area contributed by atoms with E-state index in [0.717, 1.165) is 18.7 Å². The van der Waals surface area contributed by atoms with E-state index < -0.39 is 0 Å². The monoisotopic (exact) mass is 167 g/mol. The fraction of sp³-hybridized carbons (Fsp3) is 0.625. The molecule has 0 bridgehead atoms. The molecular formula is C8H13N3O. The highest BCUT2D eigenvalue weighted by atomic mass is 16.5. The number of nitrogens with zero attached hydrogens (tertiary/aromatic N) is 2. The summed E-state index contributed by atoms with van der Waals surface area (Å²) < 4.78 is 7.17. The molecule has 0 atom stereocenters. The largest absolute Gasteiger partial charge is 0.468 e. The molecule has 2 rings (SSSR count). The number of fused-ring (bicyclic) bond motifs is 1. The van der Waals surface area contributed by atoms with Crippen molar-refractivity contribution >= 4 is 5.82 Å². The summed E-state index contributed by atoms with van der Waals surface area (Å²) >= 11 is 0. The lowest BCUT2D eigenvalue weighted by atomic mass is 10.1. The van der Waals surface area contributed by atoms with Crippen LogP contribution in [0.1, 0.15) is 18.5 Å². The summed E-state index contributed by atoms with van der Waals surface area (Å²) in [6.45, 7) is 0.989. The van der Waals surface area contributed by atoms with Crippen molar-refractivity contribution in [1.82, 2.24) is 9.55 Å². The second kappa shape index (κ2) is 2.69. The molecule has 1 aliphatic rings. The molecule has 12 heavy (non-hydrogen) atoms. The van der Waals surface area contributed by atoms with Gasteiger partial charge in [-0.15, -0.1) is 0 Å². The Hall–Kier alpha value is -1.19. The molecule has 0 aliphatic carbocycles. The van der Waals surface area contributed by atoms with Crippen molar-refractivity contribution in [3.8, 4) is 6.01 Å². The van der Waals surface area contributed by atoms with E-state index in [1.807, 2.05) is 0 Å². The molecule has 0 amide bonds. The SMILES string of the molecule is COc1nc(N)c2n1CCCC2. The Bertz CT molecular complexity index is 293. The fourth-order valence-corrected chi connectivity index (χ4v) is 1.69. The summed E-state index contributed by atoms with van der Waals surface area (Å²) in [6.07, 6.45) is 3.43. The van der Waals surface area contributed by atoms with Crippen LogP contribution in [0, 0.1) is 0 Å². The van der Waals surface area contributed by atoms with Crippen LogP contribution >= 0.6 is 0 Å². The first-order valence-corrected chi connectivity index (χ1v) is 4.22. The van der Waals surface area contributed by atoms with Crippen LogP contribution in [0.15, 0.2) is 0 Å². The maximum Gasteiger partial charge on any atom is 0.298 e. The third-order valence-corrected chi connectivity index (χ3v) is 2.30. The molecular weight excluding hydrogens is 154 g/mol. The summed E-state index contributed by atoms with van der Waals surface area (Å²) in [6, 6.07) is 0.655. The number of nitrogens with two attached hydrogens (primary N) is 1. The van der Waals surface area contributed by atoms with Crippen molar-refractivity contribution in [1.29, 1.82) is 0 Å². The maximum atomic E-state index is 5.73. The van der Waals surface area contributed by atoms with E-state index in [1.165, 1.54) is 12.8 Å². The molecule has 0 saturated carbocycles. The molecule has 1 aromatic rings. The quantitative estimate of drug-likeness (QED) is 0.673. The van der Waals surface area contributed by atoms with Crippen LogP contribution in [0.25, 0.3) is 0 Å². The number of hydrogen-bond acceptors (Lipinski definition) is 3. The Balaban J connectivity index is 2.47. The molecule has 0 spiro atoms. The highest BCUT2D eigenvalue weighted by Crippen LogP contribution is 2.25. The van der Waals surface area contributed by atoms with Crippen molar-refractivity contribution in [3.05, 3.63) is 5.69 Å². The zero-order valence-electron chi connectivity index (χ0n) is 7.21. The van der Waals surface area contributed by atoms with E-state index in [-0.39, 0.29) is 0 Å². The summed E-state index contributed by atoms with van der Waals surface area (Å²) in [7, 11) is 1.63. The lowest BCUT2D eigenvalue weighted by Crippen LogP contribution is -2.11. The fourth-order valence-electron chi connectivity index (χ4n) is 1.69. The normalized spacial score (nSPS) is 15.8. The van der Waals surface area contributed by atoms with Gasteiger partial charge < -0.3 is 10.5 Å². The van der Waals surface area contributed by atoms with E-state index in [9.17, 15) is 0 Å². The lowest BCUT2D eigenvalue weighted by Gasteiger charge is -2.15. The summed E-state index contributed by atoms with van der Waals surface area (Å²) in [5.74, 6) is 0.631. The molecule has 66 valence electrons. The van der Waals surface area contributed by atoms with E-state index in [2.05, 4.69) is 9.55 Å². The average molecular weight is 167 g/mol. The number of nitrogen functional groups attached to an aromatic ring is 1. The van der Waals surface area contributed by atoms with E-state index >= 15 is 0 Å². The van der Waals surface area contributed by atoms with Crippen LogP contribution in [0.2, 0.25) is 0 Å². The number of aromatic nitrogens is 2. The van der Waals surface area contributed by atoms with Gasteiger partial charge in [-0.05, 0) is 19.3 Å². The molecule has 1 aromatic heterocycles. The van der Waals surface area contributed by atoms with Gasteiger partial charge in [0.05, 0.1) is 12.8 Å². The summed E-state index contributed by atoms with van der Waals surface area (Å²) in [5, 5.41) is 0. The molecule has 0 aromatic carbocycles. The van der Waals surface area contributed by atoms with Crippen LogP contribution in [0.5, 0.6) is 6.01 Å². The minimum absolute atomic E-state index is 0.631. The van der Waals surface area contributed by atoms with Crippen LogP contribution in [-0.2, 0) is 13.0 Å². The van der Waals surface area contributed by atoms with Crippen molar-refractivity contribution in [2.75, 3.05) is 12.8 Å². The van der Waals surface area contributed by atoms with Gasteiger partial charge in [0, 0.05) is 6.54 Å². The van der Waals surface area contributed by atoms with Crippen molar-refractivity contribution < 1.29 is 4.74 Å². The summed E-state index contributed by atoms with van der Waals surface area (Å²) in [5.41, 5.74) is 6.86. The first-order chi connectivity index (χ1) is 5.83. The van der Waals surface area contributed by atoms with Crippen LogP contribution < -0.4 is 10.5 Å². The molecule has 0 radical (unpaired) electrons. The van der Waals surface area contributed by atoms with Crippen molar-refractivity contribution in [2.45, 2.75) is 25.8 Å². The number of hydrogen-bond donors (Lipinski definition) is 1. The average Bonchev–Trinajstić information content (AvgIpc) is 2.44. The molecule has 4 nitrogen and oxygen atoms in total. The van der Waals surface area contributed by atoms with Crippen LogP contribution in [-0.4, -0.2) is 16.7 Å². The van der Waals surface area contributed by atoms with Gasteiger partial charge in [-0.3, -0.25) is 4.57 Å². The second-order valence-corrected chi connectivity index (χ2v) is 3.04. The Morgan fingerprint density at radius 3 is 3.08 bits per heavy atom. The molecule has 0 unspecified atom stereocenters. The smallest absolute Gasteiger partial charge is 0.298 e. The predicted molar refractivity (Wildman–Crippen MR) is 46.1 cm³/mol. The number of anilines is 1. The highest BCUT2D eigenvalue weighted by Gasteiger charge is 2.18. The third-order valence-electron chi connectivity index (χ3n) is 2.30. The lowest BCUT2D eigenvalue weighted by molar-refractivity contribution is 0.344. The van der Waals surface area contributed by atoms with Gasteiger partial charge in [-0.2, -0.15) is 4.98 Å². The third kappa shape index (κ3) is 0.948. The number of imidazole rings is 1. The molecule has 2 heterocycles. The Kier molecular flexibility index (Phi) is 1.67. The van der Waals surface area contributed by atoms with Gasteiger partial charge in [-0.25, -0.2) is 0 Å². The van der Waals surface area contributed by atoms with Gasteiger partial charge >= 0.3 is 0 Å². The minimum atomic E-state index is 0.631. The Morgan fingerprint density at radius 1 is 1.50 bits per heavy atom. The Labute approximate surface area is 71.3 Å². The topological polar surface area (TPSA) is 53.1 Å². The zero-order chi connectivity index (χ0) is 8.55.